The first-order chi connectivity index (χ1) is 9.22. The lowest BCUT2D eigenvalue weighted by atomic mass is 10.1. The number of amides is 1. The van der Waals surface area contributed by atoms with Gasteiger partial charge in [0.05, 0.1) is 6.54 Å². The lowest BCUT2D eigenvalue weighted by molar-refractivity contribution is -0.156. The van der Waals surface area contributed by atoms with Crippen molar-refractivity contribution in [2.75, 3.05) is 6.54 Å². The zero-order valence-electron chi connectivity index (χ0n) is 11.2. The Hall–Kier alpha value is -1.66. The molecule has 1 aromatic rings. The molecule has 0 aliphatic heterocycles. The zero-order valence-corrected chi connectivity index (χ0v) is 12.8. The van der Waals surface area contributed by atoms with Crippen LogP contribution in [-0.4, -0.2) is 34.2 Å². The van der Waals surface area contributed by atoms with E-state index in [9.17, 15) is 14.7 Å². The van der Waals surface area contributed by atoms with E-state index >= 15 is 0 Å². The number of aliphatic hydroxyl groups is 1. The maximum atomic E-state index is 11.5. The number of rotatable bonds is 5. The Balaban J connectivity index is 2.62. The first-order valence-electron chi connectivity index (χ1n) is 5.90. The fourth-order valence-corrected chi connectivity index (χ4v) is 1.95. The third-order valence-corrected chi connectivity index (χ3v) is 3.32. The average Bonchev–Trinajstić information content (AvgIpc) is 2.35. The second kappa shape index (κ2) is 6.67. The standard InChI is InChI=1S/C14H16BrNO4/c1-9-3-4-10(11(15)7-9)5-6-12(17)16-8-14(2,20)13(18)19/h3-7,20H,8H2,1-2H3,(H,16,17)(H,18,19). The molecule has 3 N–H and O–H groups in total. The van der Waals surface area contributed by atoms with Crippen molar-refractivity contribution >= 4 is 33.9 Å². The van der Waals surface area contributed by atoms with E-state index < -0.39 is 17.5 Å². The highest BCUT2D eigenvalue weighted by Gasteiger charge is 2.29. The minimum Gasteiger partial charge on any atom is -0.479 e. The van der Waals surface area contributed by atoms with Gasteiger partial charge in [-0.2, -0.15) is 0 Å². The molecule has 0 aromatic heterocycles. The van der Waals surface area contributed by atoms with Gasteiger partial charge < -0.3 is 15.5 Å². The molecule has 0 aliphatic carbocycles. The highest BCUT2D eigenvalue weighted by molar-refractivity contribution is 9.10. The molecule has 0 saturated carbocycles. The zero-order chi connectivity index (χ0) is 15.3. The van der Waals surface area contributed by atoms with Gasteiger partial charge >= 0.3 is 5.97 Å². The Bertz CT molecular complexity index is 552. The second-order valence-corrected chi connectivity index (χ2v) is 5.51. The highest BCUT2D eigenvalue weighted by Crippen LogP contribution is 2.19. The van der Waals surface area contributed by atoms with Crippen molar-refractivity contribution in [1.82, 2.24) is 5.32 Å². The molecule has 1 unspecified atom stereocenters. The lowest BCUT2D eigenvalue weighted by Gasteiger charge is -2.17. The molecular weight excluding hydrogens is 326 g/mol. The van der Waals surface area contributed by atoms with Crippen LogP contribution in [0.2, 0.25) is 0 Å². The van der Waals surface area contributed by atoms with Gasteiger partial charge in [-0.15, -0.1) is 0 Å². The molecular formula is C14H16BrNO4. The number of carbonyl (C=O) groups excluding carboxylic acids is 1. The smallest absolute Gasteiger partial charge is 0.337 e. The SMILES string of the molecule is Cc1ccc(C=CC(=O)NCC(C)(O)C(=O)O)c(Br)c1. The number of carboxylic acid groups (broad SMARTS) is 1. The molecule has 0 radical (unpaired) electrons. The van der Waals surface area contributed by atoms with Crippen LogP contribution in [0.5, 0.6) is 0 Å². The molecule has 1 aromatic carbocycles. The predicted molar refractivity (Wildman–Crippen MR) is 79.2 cm³/mol. The van der Waals surface area contributed by atoms with Gasteiger partial charge in [-0.25, -0.2) is 4.79 Å². The van der Waals surface area contributed by atoms with E-state index in [2.05, 4.69) is 21.2 Å². The average molecular weight is 342 g/mol. The summed E-state index contributed by atoms with van der Waals surface area (Å²) in [6.45, 7) is 2.72. The van der Waals surface area contributed by atoms with Crippen LogP contribution in [0.3, 0.4) is 0 Å². The first kappa shape index (κ1) is 16.4. The van der Waals surface area contributed by atoms with Gasteiger partial charge in [-0.1, -0.05) is 28.1 Å². The molecule has 5 nitrogen and oxygen atoms in total. The van der Waals surface area contributed by atoms with Crippen molar-refractivity contribution in [3.8, 4) is 0 Å². The quantitative estimate of drug-likeness (QED) is 0.711. The van der Waals surface area contributed by atoms with E-state index in [1.807, 2.05) is 25.1 Å². The Morgan fingerprint density at radius 3 is 2.65 bits per heavy atom. The number of halogens is 1. The summed E-state index contributed by atoms with van der Waals surface area (Å²) in [6.07, 6.45) is 2.89. The Labute approximate surface area is 125 Å². The molecule has 6 heteroatoms. The number of nitrogens with one attached hydrogen (secondary N) is 1. The summed E-state index contributed by atoms with van der Waals surface area (Å²) in [6, 6.07) is 5.70. The Morgan fingerprint density at radius 2 is 2.10 bits per heavy atom. The van der Waals surface area contributed by atoms with Crippen LogP contribution < -0.4 is 5.32 Å². The van der Waals surface area contributed by atoms with Crippen molar-refractivity contribution in [1.29, 1.82) is 0 Å². The summed E-state index contributed by atoms with van der Waals surface area (Å²) in [4.78, 5) is 22.2. The summed E-state index contributed by atoms with van der Waals surface area (Å²) < 4.78 is 0.860. The molecule has 0 bridgehead atoms. The van der Waals surface area contributed by atoms with Crippen LogP contribution in [0.1, 0.15) is 18.1 Å². The van der Waals surface area contributed by atoms with Gasteiger partial charge in [0.1, 0.15) is 0 Å². The normalized spacial score (nSPS) is 14.0. The van der Waals surface area contributed by atoms with E-state index in [0.29, 0.717) is 0 Å². The summed E-state index contributed by atoms with van der Waals surface area (Å²) in [5, 5.41) is 20.5. The van der Waals surface area contributed by atoms with Crippen LogP contribution in [0.25, 0.3) is 6.08 Å². The van der Waals surface area contributed by atoms with Gasteiger partial charge in [0, 0.05) is 10.5 Å². The third-order valence-electron chi connectivity index (χ3n) is 2.64. The minimum absolute atomic E-state index is 0.361. The van der Waals surface area contributed by atoms with Gasteiger partial charge in [-0.3, -0.25) is 4.79 Å². The van der Waals surface area contributed by atoms with E-state index in [4.69, 9.17) is 5.11 Å². The number of benzene rings is 1. The van der Waals surface area contributed by atoms with Crippen LogP contribution in [0.4, 0.5) is 0 Å². The number of hydrogen-bond donors (Lipinski definition) is 3. The monoisotopic (exact) mass is 341 g/mol. The minimum atomic E-state index is -1.98. The van der Waals surface area contributed by atoms with E-state index in [-0.39, 0.29) is 6.54 Å². The maximum absolute atomic E-state index is 11.5. The molecule has 1 rings (SSSR count). The number of hydrogen-bond acceptors (Lipinski definition) is 3. The van der Waals surface area contributed by atoms with E-state index in [0.717, 1.165) is 22.5 Å². The van der Waals surface area contributed by atoms with Crippen molar-refractivity contribution < 1.29 is 19.8 Å². The summed E-state index contributed by atoms with van der Waals surface area (Å²) >= 11 is 3.39. The fraction of sp³-hybridized carbons (Fsp3) is 0.286. The highest BCUT2D eigenvalue weighted by atomic mass is 79.9. The summed E-state index contributed by atoms with van der Waals surface area (Å²) in [7, 11) is 0. The van der Waals surface area contributed by atoms with Crippen LogP contribution in [-0.2, 0) is 9.59 Å². The van der Waals surface area contributed by atoms with Gasteiger partial charge in [0.2, 0.25) is 5.91 Å². The Morgan fingerprint density at radius 1 is 1.45 bits per heavy atom. The van der Waals surface area contributed by atoms with Crippen molar-refractivity contribution in [3.63, 3.8) is 0 Å². The van der Waals surface area contributed by atoms with E-state index in [1.54, 1.807) is 6.08 Å². The largest absolute Gasteiger partial charge is 0.479 e. The van der Waals surface area contributed by atoms with Crippen LogP contribution >= 0.6 is 15.9 Å². The first-order valence-corrected chi connectivity index (χ1v) is 6.69. The van der Waals surface area contributed by atoms with E-state index in [1.165, 1.54) is 6.08 Å². The van der Waals surface area contributed by atoms with Crippen LogP contribution in [0, 0.1) is 6.92 Å². The van der Waals surface area contributed by atoms with Gasteiger partial charge in [0.25, 0.3) is 0 Å². The molecule has 0 spiro atoms. The lowest BCUT2D eigenvalue weighted by Crippen LogP contribution is -2.46. The predicted octanol–water partition coefficient (Wildman–Crippen LogP) is 1.72. The fourth-order valence-electron chi connectivity index (χ4n) is 1.33. The molecule has 1 atom stereocenters. The molecule has 20 heavy (non-hydrogen) atoms. The molecule has 0 saturated heterocycles. The number of aryl methyl sites for hydroxylation is 1. The number of aliphatic carboxylic acids is 1. The number of carboxylic acids is 1. The van der Waals surface area contributed by atoms with Crippen molar-refractivity contribution in [2.24, 2.45) is 0 Å². The molecule has 0 fully saturated rings. The summed E-state index contributed by atoms with van der Waals surface area (Å²) in [5.74, 6) is -1.86. The molecule has 1 amide bonds. The second-order valence-electron chi connectivity index (χ2n) is 4.66. The topological polar surface area (TPSA) is 86.6 Å². The van der Waals surface area contributed by atoms with Crippen molar-refractivity contribution in [2.45, 2.75) is 19.4 Å². The van der Waals surface area contributed by atoms with Crippen LogP contribution in [0.15, 0.2) is 28.7 Å². The summed E-state index contributed by atoms with van der Waals surface area (Å²) in [5.41, 5.74) is -0.0553. The molecule has 0 aliphatic rings. The van der Waals surface area contributed by atoms with Gasteiger partial charge in [-0.05, 0) is 37.1 Å². The molecule has 0 heterocycles. The van der Waals surface area contributed by atoms with Gasteiger partial charge in [0.15, 0.2) is 5.60 Å². The van der Waals surface area contributed by atoms with Crippen molar-refractivity contribution in [3.05, 3.63) is 39.9 Å². The Kier molecular flexibility index (Phi) is 5.47. The molecule has 108 valence electrons. The maximum Gasteiger partial charge on any atom is 0.337 e. The third kappa shape index (κ3) is 4.79. The number of carbonyl (C=O) groups is 2.